The van der Waals surface area contributed by atoms with Gasteiger partial charge in [-0.3, -0.25) is 4.79 Å². The number of carbonyl (C=O) groups excluding carboxylic acids is 1. The van der Waals surface area contributed by atoms with Crippen molar-refractivity contribution in [2.45, 2.75) is 9.79 Å². The maximum atomic E-state index is 12.6. The summed E-state index contributed by atoms with van der Waals surface area (Å²) in [5.74, 6) is -1.72. The number of carboxylic acids is 1. The minimum atomic E-state index is -1.10. The molecule has 7 heteroatoms. The first-order valence-corrected chi connectivity index (χ1v) is 9.94. The number of carboxylic acid groups (broad SMARTS) is 1. The highest BCUT2D eigenvalue weighted by atomic mass is 35.5. The molecule has 0 fully saturated rings. The van der Waals surface area contributed by atoms with E-state index in [1.807, 2.05) is 42.5 Å². The molecule has 0 radical (unpaired) electrons. The molecule has 0 heterocycles. The summed E-state index contributed by atoms with van der Waals surface area (Å²) in [6.07, 6.45) is 1.51. The molecule has 0 saturated heterocycles. The first-order chi connectivity index (χ1) is 14.5. The fourth-order valence-electron chi connectivity index (χ4n) is 2.55. The third kappa shape index (κ3) is 5.51. The fraction of sp³-hybridized carbons (Fsp3) is 0. The van der Waals surface area contributed by atoms with Crippen LogP contribution in [0.25, 0.3) is 6.08 Å². The third-order valence-corrected chi connectivity index (χ3v) is 5.34. The van der Waals surface area contributed by atoms with Gasteiger partial charge in [0.1, 0.15) is 11.6 Å². The molecule has 0 unspecified atom stereocenters. The highest BCUT2D eigenvalue weighted by Gasteiger charge is 2.12. The maximum Gasteiger partial charge on any atom is 0.335 e. The summed E-state index contributed by atoms with van der Waals surface area (Å²) in [5.41, 5.74) is 0.952. The van der Waals surface area contributed by atoms with Gasteiger partial charge in [0.05, 0.1) is 5.56 Å². The van der Waals surface area contributed by atoms with E-state index in [0.717, 1.165) is 9.79 Å². The summed E-state index contributed by atoms with van der Waals surface area (Å²) in [4.78, 5) is 25.5. The van der Waals surface area contributed by atoms with Crippen LogP contribution < -0.4 is 5.32 Å². The Kier molecular flexibility index (Phi) is 6.91. The van der Waals surface area contributed by atoms with Gasteiger partial charge in [0.15, 0.2) is 0 Å². The lowest BCUT2D eigenvalue weighted by Gasteiger charge is -2.08. The van der Waals surface area contributed by atoms with Gasteiger partial charge in [-0.15, -0.1) is 0 Å². The minimum absolute atomic E-state index is 0.0417. The molecule has 148 valence electrons. The number of benzene rings is 3. The Morgan fingerprint density at radius 3 is 2.47 bits per heavy atom. The van der Waals surface area contributed by atoms with Crippen molar-refractivity contribution in [3.8, 4) is 6.07 Å². The van der Waals surface area contributed by atoms with Crippen LogP contribution in [-0.2, 0) is 4.79 Å². The Morgan fingerprint density at radius 2 is 1.77 bits per heavy atom. The Balaban J connectivity index is 1.84. The molecule has 0 atom stereocenters. The van der Waals surface area contributed by atoms with E-state index in [9.17, 15) is 14.9 Å². The van der Waals surface area contributed by atoms with Crippen LogP contribution in [0, 0.1) is 11.3 Å². The van der Waals surface area contributed by atoms with Crippen molar-refractivity contribution in [1.29, 1.82) is 5.26 Å². The molecular weight excluding hydrogens is 420 g/mol. The summed E-state index contributed by atoms with van der Waals surface area (Å²) < 4.78 is 0. The molecule has 0 aromatic heterocycles. The van der Waals surface area contributed by atoms with Crippen LogP contribution in [0.4, 0.5) is 5.69 Å². The van der Waals surface area contributed by atoms with Gasteiger partial charge in [0, 0.05) is 20.5 Å². The molecule has 0 aliphatic carbocycles. The van der Waals surface area contributed by atoms with Gasteiger partial charge in [-0.05, 0) is 60.2 Å². The topological polar surface area (TPSA) is 90.2 Å². The van der Waals surface area contributed by atoms with Crippen LogP contribution in [0.3, 0.4) is 0 Å². The number of hydrogen-bond acceptors (Lipinski definition) is 4. The predicted molar refractivity (Wildman–Crippen MR) is 118 cm³/mol. The van der Waals surface area contributed by atoms with Gasteiger partial charge < -0.3 is 10.4 Å². The monoisotopic (exact) mass is 434 g/mol. The average Bonchev–Trinajstić information content (AvgIpc) is 2.74. The van der Waals surface area contributed by atoms with Crippen molar-refractivity contribution in [3.63, 3.8) is 0 Å². The molecular formula is C23H15ClN2O3S. The predicted octanol–water partition coefficient (Wildman–Crippen LogP) is 5.74. The van der Waals surface area contributed by atoms with Crippen LogP contribution in [0.5, 0.6) is 0 Å². The van der Waals surface area contributed by atoms with E-state index < -0.39 is 11.9 Å². The lowest BCUT2D eigenvalue weighted by atomic mass is 10.1. The highest BCUT2D eigenvalue weighted by molar-refractivity contribution is 7.99. The fourth-order valence-corrected chi connectivity index (χ4v) is 3.60. The molecule has 1 amide bonds. The molecule has 3 aromatic carbocycles. The van der Waals surface area contributed by atoms with E-state index in [4.69, 9.17) is 16.7 Å². The van der Waals surface area contributed by atoms with Crippen molar-refractivity contribution >= 4 is 47.0 Å². The van der Waals surface area contributed by atoms with Crippen molar-refractivity contribution in [2.75, 3.05) is 5.32 Å². The number of halogens is 1. The normalized spacial score (nSPS) is 10.9. The Labute approximate surface area is 182 Å². The third-order valence-electron chi connectivity index (χ3n) is 3.99. The summed E-state index contributed by atoms with van der Waals surface area (Å²) in [7, 11) is 0. The van der Waals surface area contributed by atoms with Crippen LogP contribution in [0.15, 0.2) is 88.2 Å². The number of nitriles is 1. The molecule has 0 saturated carbocycles. The zero-order valence-corrected chi connectivity index (χ0v) is 17.1. The zero-order chi connectivity index (χ0) is 21.5. The van der Waals surface area contributed by atoms with Crippen molar-refractivity contribution in [1.82, 2.24) is 0 Å². The Bertz CT molecular complexity index is 1170. The number of carbonyl (C=O) groups is 2. The quantitative estimate of drug-likeness (QED) is 0.381. The molecule has 30 heavy (non-hydrogen) atoms. The van der Waals surface area contributed by atoms with E-state index in [0.29, 0.717) is 16.3 Å². The first kappa shape index (κ1) is 21.2. The second-order valence-corrected chi connectivity index (χ2v) is 7.66. The number of hydrogen-bond donors (Lipinski definition) is 2. The second-order valence-electron chi connectivity index (χ2n) is 6.10. The van der Waals surface area contributed by atoms with Crippen LogP contribution >= 0.6 is 23.4 Å². The maximum absolute atomic E-state index is 12.6. The molecule has 5 nitrogen and oxygen atoms in total. The van der Waals surface area contributed by atoms with E-state index in [2.05, 4.69) is 5.32 Å². The SMILES string of the molecule is N#C/C(=C\c1ccccc1Sc1ccc(Cl)cc1)C(=O)Nc1cccc(C(=O)O)c1. The molecule has 0 aliphatic heterocycles. The van der Waals surface area contributed by atoms with E-state index in [1.165, 1.54) is 36.0 Å². The number of aromatic carboxylic acids is 1. The summed E-state index contributed by atoms with van der Waals surface area (Å²) >= 11 is 7.42. The van der Waals surface area contributed by atoms with E-state index >= 15 is 0 Å². The molecule has 3 aromatic rings. The lowest BCUT2D eigenvalue weighted by molar-refractivity contribution is -0.112. The van der Waals surface area contributed by atoms with Gasteiger partial charge in [0.25, 0.3) is 5.91 Å². The van der Waals surface area contributed by atoms with E-state index in [-0.39, 0.29) is 11.1 Å². The van der Waals surface area contributed by atoms with Crippen molar-refractivity contribution < 1.29 is 14.7 Å². The number of nitrogens with one attached hydrogen (secondary N) is 1. The lowest BCUT2D eigenvalue weighted by Crippen LogP contribution is -2.14. The molecule has 3 rings (SSSR count). The van der Waals surface area contributed by atoms with Gasteiger partial charge in [0.2, 0.25) is 0 Å². The summed E-state index contributed by atoms with van der Waals surface area (Å²) in [6.45, 7) is 0. The minimum Gasteiger partial charge on any atom is -0.478 e. The standard InChI is InChI=1S/C23H15ClN2O3S/c24-18-8-10-20(11-9-18)30-21-7-2-1-4-15(21)12-17(14-25)22(27)26-19-6-3-5-16(13-19)23(28)29/h1-13H,(H,26,27)(H,28,29)/b17-12+. The van der Waals surface area contributed by atoms with Gasteiger partial charge in [-0.25, -0.2) is 4.79 Å². The molecule has 2 N–H and O–H groups in total. The molecule has 0 spiro atoms. The van der Waals surface area contributed by atoms with Gasteiger partial charge >= 0.3 is 5.97 Å². The number of amides is 1. The van der Waals surface area contributed by atoms with Crippen molar-refractivity contribution in [2.24, 2.45) is 0 Å². The van der Waals surface area contributed by atoms with Gasteiger partial charge in [-0.1, -0.05) is 47.6 Å². The highest BCUT2D eigenvalue weighted by Crippen LogP contribution is 2.32. The van der Waals surface area contributed by atoms with Crippen LogP contribution in [-0.4, -0.2) is 17.0 Å². The second kappa shape index (κ2) is 9.79. The Hall–Kier alpha value is -3.53. The van der Waals surface area contributed by atoms with Crippen molar-refractivity contribution in [3.05, 3.63) is 94.5 Å². The molecule has 0 bridgehead atoms. The average molecular weight is 435 g/mol. The number of anilines is 1. The molecule has 0 aliphatic rings. The zero-order valence-electron chi connectivity index (χ0n) is 15.5. The first-order valence-electron chi connectivity index (χ1n) is 8.75. The van der Waals surface area contributed by atoms with Crippen LogP contribution in [0.1, 0.15) is 15.9 Å². The largest absolute Gasteiger partial charge is 0.478 e. The number of rotatable bonds is 6. The van der Waals surface area contributed by atoms with Crippen LogP contribution in [0.2, 0.25) is 5.02 Å². The summed E-state index contributed by atoms with van der Waals surface area (Å²) in [5, 5.41) is 21.8. The smallest absolute Gasteiger partial charge is 0.335 e. The number of nitrogens with zero attached hydrogens (tertiary/aromatic N) is 1. The summed E-state index contributed by atoms with van der Waals surface area (Å²) in [6, 6.07) is 22.5. The van der Waals surface area contributed by atoms with Gasteiger partial charge in [-0.2, -0.15) is 5.26 Å². The van der Waals surface area contributed by atoms with E-state index in [1.54, 1.807) is 18.2 Å². The Morgan fingerprint density at radius 1 is 1.03 bits per heavy atom.